The van der Waals surface area contributed by atoms with Crippen LogP contribution in [0.3, 0.4) is 0 Å². The SMILES string of the molecule is CS(=O)(=O)CCCNc1nnc(CCN)o1. The van der Waals surface area contributed by atoms with Gasteiger partial charge in [-0.3, -0.25) is 0 Å². The van der Waals surface area contributed by atoms with Crippen LogP contribution >= 0.6 is 0 Å². The average molecular weight is 248 g/mol. The van der Waals surface area contributed by atoms with Gasteiger partial charge in [0.25, 0.3) is 0 Å². The molecule has 0 fully saturated rings. The Morgan fingerprint density at radius 1 is 1.44 bits per heavy atom. The zero-order valence-corrected chi connectivity index (χ0v) is 9.96. The van der Waals surface area contributed by atoms with Crippen molar-refractivity contribution in [1.82, 2.24) is 10.2 Å². The lowest BCUT2D eigenvalue weighted by Crippen LogP contribution is -2.09. The number of aromatic nitrogens is 2. The number of anilines is 1. The van der Waals surface area contributed by atoms with Crippen LogP contribution in [0.15, 0.2) is 4.42 Å². The molecule has 1 aromatic heterocycles. The second kappa shape index (κ2) is 5.80. The van der Waals surface area contributed by atoms with Gasteiger partial charge in [0.15, 0.2) is 0 Å². The van der Waals surface area contributed by atoms with Crippen LogP contribution < -0.4 is 11.1 Å². The van der Waals surface area contributed by atoms with Crippen LogP contribution in [0.2, 0.25) is 0 Å². The second-order valence-electron chi connectivity index (χ2n) is 3.45. The zero-order valence-electron chi connectivity index (χ0n) is 9.14. The quantitative estimate of drug-likeness (QED) is 0.621. The van der Waals surface area contributed by atoms with Crippen molar-refractivity contribution in [3.8, 4) is 0 Å². The van der Waals surface area contributed by atoms with E-state index in [4.69, 9.17) is 10.2 Å². The number of nitrogens with two attached hydrogens (primary N) is 1. The van der Waals surface area contributed by atoms with Gasteiger partial charge in [0.05, 0.1) is 5.75 Å². The van der Waals surface area contributed by atoms with E-state index in [9.17, 15) is 8.42 Å². The Morgan fingerprint density at radius 3 is 2.81 bits per heavy atom. The molecule has 16 heavy (non-hydrogen) atoms. The van der Waals surface area contributed by atoms with Crippen molar-refractivity contribution in [3.63, 3.8) is 0 Å². The van der Waals surface area contributed by atoms with Crippen molar-refractivity contribution in [2.75, 3.05) is 30.4 Å². The fourth-order valence-corrected chi connectivity index (χ4v) is 1.75. The molecule has 1 heterocycles. The highest BCUT2D eigenvalue weighted by atomic mass is 32.2. The summed E-state index contributed by atoms with van der Waals surface area (Å²) in [6.45, 7) is 0.938. The molecule has 92 valence electrons. The van der Waals surface area contributed by atoms with Crippen molar-refractivity contribution in [1.29, 1.82) is 0 Å². The Balaban J connectivity index is 2.26. The molecule has 7 nitrogen and oxygen atoms in total. The molecule has 0 aliphatic rings. The number of sulfone groups is 1. The monoisotopic (exact) mass is 248 g/mol. The van der Waals surface area contributed by atoms with E-state index < -0.39 is 9.84 Å². The molecule has 0 radical (unpaired) electrons. The van der Waals surface area contributed by atoms with E-state index in [1.165, 1.54) is 6.26 Å². The van der Waals surface area contributed by atoms with Gasteiger partial charge in [0.1, 0.15) is 9.84 Å². The van der Waals surface area contributed by atoms with Crippen LogP contribution in [-0.4, -0.2) is 43.7 Å². The standard InChI is InChI=1S/C8H16N4O3S/c1-16(13,14)6-2-5-10-8-12-11-7(15-8)3-4-9/h2-6,9H2,1H3,(H,10,12). The van der Waals surface area contributed by atoms with Gasteiger partial charge in [-0.05, 0) is 6.42 Å². The van der Waals surface area contributed by atoms with E-state index in [1.54, 1.807) is 0 Å². The summed E-state index contributed by atoms with van der Waals surface area (Å²) < 4.78 is 26.9. The van der Waals surface area contributed by atoms with Crippen molar-refractivity contribution in [2.45, 2.75) is 12.8 Å². The predicted octanol–water partition coefficient (Wildman–Crippen LogP) is -0.583. The highest BCUT2D eigenvalue weighted by Gasteiger charge is 2.05. The van der Waals surface area contributed by atoms with Gasteiger partial charge >= 0.3 is 6.01 Å². The van der Waals surface area contributed by atoms with E-state index in [1.807, 2.05) is 0 Å². The summed E-state index contributed by atoms with van der Waals surface area (Å²) in [6, 6.07) is 0.303. The molecule has 0 atom stereocenters. The maximum Gasteiger partial charge on any atom is 0.315 e. The van der Waals surface area contributed by atoms with Gasteiger partial charge in [0, 0.05) is 25.8 Å². The highest BCUT2D eigenvalue weighted by Crippen LogP contribution is 2.05. The van der Waals surface area contributed by atoms with Gasteiger partial charge < -0.3 is 15.5 Å². The minimum atomic E-state index is -2.91. The van der Waals surface area contributed by atoms with Crippen molar-refractivity contribution in [3.05, 3.63) is 5.89 Å². The maximum absolute atomic E-state index is 10.8. The van der Waals surface area contributed by atoms with Crippen LogP contribution in [0.1, 0.15) is 12.3 Å². The topological polar surface area (TPSA) is 111 Å². The summed E-state index contributed by atoms with van der Waals surface area (Å²) in [4.78, 5) is 0. The molecule has 0 unspecified atom stereocenters. The van der Waals surface area contributed by atoms with Crippen LogP contribution in [-0.2, 0) is 16.3 Å². The lowest BCUT2D eigenvalue weighted by atomic mass is 10.4. The molecule has 1 aromatic rings. The summed E-state index contributed by atoms with van der Waals surface area (Å²) in [5, 5.41) is 10.3. The van der Waals surface area contributed by atoms with Gasteiger partial charge in [-0.1, -0.05) is 5.10 Å². The molecule has 8 heteroatoms. The Bertz CT molecular complexity index is 415. The molecule has 0 saturated carbocycles. The molecule has 0 amide bonds. The number of hydrogen-bond acceptors (Lipinski definition) is 7. The molecule has 0 aliphatic carbocycles. The van der Waals surface area contributed by atoms with E-state index >= 15 is 0 Å². The number of nitrogens with one attached hydrogen (secondary N) is 1. The lowest BCUT2D eigenvalue weighted by molar-refractivity contribution is 0.505. The average Bonchev–Trinajstić information content (AvgIpc) is 2.60. The second-order valence-corrected chi connectivity index (χ2v) is 5.71. The number of rotatable bonds is 7. The first-order valence-corrected chi connectivity index (χ1v) is 7.01. The Labute approximate surface area is 94.3 Å². The number of nitrogens with zero attached hydrogens (tertiary/aromatic N) is 2. The number of hydrogen-bond donors (Lipinski definition) is 2. The molecule has 0 bridgehead atoms. The van der Waals surface area contributed by atoms with E-state index in [2.05, 4.69) is 15.5 Å². The Hall–Kier alpha value is -1.15. The molecule has 0 aliphatic heterocycles. The van der Waals surface area contributed by atoms with E-state index in [-0.39, 0.29) is 5.75 Å². The Kier molecular flexibility index (Phi) is 4.69. The largest absolute Gasteiger partial charge is 0.408 e. The molecule has 0 saturated heterocycles. The third-order valence-corrected chi connectivity index (χ3v) is 2.82. The Morgan fingerprint density at radius 2 is 2.19 bits per heavy atom. The minimum absolute atomic E-state index is 0.143. The third-order valence-electron chi connectivity index (χ3n) is 1.79. The van der Waals surface area contributed by atoms with Crippen molar-refractivity contribution < 1.29 is 12.8 Å². The van der Waals surface area contributed by atoms with Gasteiger partial charge in [-0.25, -0.2) is 8.42 Å². The van der Waals surface area contributed by atoms with Crippen LogP contribution in [0.5, 0.6) is 0 Å². The van der Waals surface area contributed by atoms with Crippen molar-refractivity contribution >= 4 is 15.9 Å². The first-order chi connectivity index (χ1) is 7.51. The summed E-state index contributed by atoms with van der Waals surface area (Å²) in [7, 11) is -2.91. The van der Waals surface area contributed by atoms with Crippen LogP contribution in [0.25, 0.3) is 0 Å². The van der Waals surface area contributed by atoms with Crippen LogP contribution in [0, 0.1) is 0 Å². The fraction of sp³-hybridized carbons (Fsp3) is 0.750. The fourth-order valence-electron chi connectivity index (χ4n) is 1.08. The predicted molar refractivity (Wildman–Crippen MR) is 59.9 cm³/mol. The molecule has 0 spiro atoms. The van der Waals surface area contributed by atoms with E-state index in [0.717, 1.165) is 0 Å². The van der Waals surface area contributed by atoms with Crippen molar-refractivity contribution in [2.24, 2.45) is 5.73 Å². The maximum atomic E-state index is 10.8. The minimum Gasteiger partial charge on any atom is -0.408 e. The van der Waals surface area contributed by atoms with Gasteiger partial charge in [0.2, 0.25) is 5.89 Å². The van der Waals surface area contributed by atoms with Gasteiger partial charge in [-0.15, -0.1) is 5.10 Å². The molecular weight excluding hydrogens is 232 g/mol. The third kappa shape index (κ3) is 5.08. The first kappa shape index (κ1) is 12.9. The molecule has 1 rings (SSSR count). The van der Waals surface area contributed by atoms with Crippen LogP contribution in [0.4, 0.5) is 6.01 Å². The van der Waals surface area contributed by atoms with Gasteiger partial charge in [-0.2, -0.15) is 0 Å². The molecule has 3 N–H and O–H groups in total. The smallest absolute Gasteiger partial charge is 0.315 e. The lowest BCUT2D eigenvalue weighted by Gasteiger charge is -1.99. The molecular formula is C8H16N4O3S. The summed E-state index contributed by atoms with van der Waals surface area (Å²) in [6.07, 6.45) is 2.25. The molecule has 0 aromatic carbocycles. The highest BCUT2D eigenvalue weighted by molar-refractivity contribution is 7.90. The summed E-state index contributed by atoms with van der Waals surface area (Å²) in [5.41, 5.74) is 5.32. The zero-order chi connectivity index (χ0) is 12.0. The first-order valence-electron chi connectivity index (χ1n) is 4.95. The normalized spacial score (nSPS) is 11.6. The summed E-state index contributed by atoms with van der Waals surface area (Å²) in [5.74, 6) is 0.622. The summed E-state index contributed by atoms with van der Waals surface area (Å²) >= 11 is 0. The van der Waals surface area contributed by atoms with E-state index in [0.29, 0.717) is 37.8 Å².